The summed E-state index contributed by atoms with van der Waals surface area (Å²) in [7, 11) is 0. The van der Waals surface area contributed by atoms with Crippen LogP contribution in [0.5, 0.6) is 0 Å². The molecule has 0 unspecified atom stereocenters. The van der Waals surface area contributed by atoms with E-state index in [1.807, 2.05) is 5.32 Å². The maximum Gasteiger partial charge on any atom is 0.255 e. The minimum Gasteiger partial charge on any atom is -0.399 e. The van der Waals surface area contributed by atoms with Crippen molar-refractivity contribution in [3.05, 3.63) is 58.9 Å². The van der Waals surface area contributed by atoms with E-state index in [2.05, 4.69) is 5.32 Å². The number of hydrogen-bond donors (Lipinski definition) is 4. The average Bonchev–Trinajstić information content (AvgIpc) is 2.98. The van der Waals surface area contributed by atoms with Gasteiger partial charge in [-0.25, -0.2) is 4.39 Å². The molecular formula is C19H19FN4O4. The predicted molar refractivity (Wildman–Crippen MR) is 99.6 cm³/mol. The van der Waals surface area contributed by atoms with Gasteiger partial charge in [0.05, 0.1) is 0 Å². The van der Waals surface area contributed by atoms with Gasteiger partial charge in [0, 0.05) is 41.2 Å². The van der Waals surface area contributed by atoms with Crippen LogP contribution in [0.25, 0.3) is 0 Å². The molecule has 1 heterocycles. The van der Waals surface area contributed by atoms with Crippen LogP contribution in [0.1, 0.15) is 21.5 Å². The Kier molecular flexibility index (Phi) is 5.55. The summed E-state index contributed by atoms with van der Waals surface area (Å²) in [5.74, 6) is -2.25. The van der Waals surface area contributed by atoms with Crippen molar-refractivity contribution < 1.29 is 23.9 Å². The second-order valence-corrected chi connectivity index (χ2v) is 6.33. The van der Waals surface area contributed by atoms with Gasteiger partial charge in [-0.1, -0.05) is 6.07 Å². The van der Waals surface area contributed by atoms with E-state index in [1.165, 1.54) is 23.1 Å². The van der Waals surface area contributed by atoms with Gasteiger partial charge in [-0.2, -0.15) is 0 Å². The van der Waals surface area contributed by atoms with Gasteiger partial charge in [-0.05, 0) is 30.3 Å². The maximum absolute atomic E-state index is 13.9. The summed E-state index contributed by atoms with van der Waals surface area (Å²) in [6.07, 6.45) is 0. The Hall–Kier alpha value is -3.46. The van der Waals surface area contributed by atoms with Crippen LogP contribution in [-0.2, 0) is 22.7 Å². The number of halogens is 1. The van der Waals surface area contributed by atoms with Crippen LogP contribution < -0.4 is 16.4 Å². The molecule has 0 saturated heterocycles. The van der Waals surface area contributed by atoms with Gasteiger partial charge in [0.2, 0.25) is 5.91 Å². The topological polar surface area (TPSA) is 125 Å². The van der Waals surface area contributed by atoms with Gasteiger partial charge >= 0.3 is 0 Å². The van der Waals surface area contributed by atoms with Crippen molar-refractivity contribution in [2.45, 2.75) is 13.1 Å². The van der Waals surface area contributed by atoms with Gasteiger partial charge in [0.15, 0.2) is 0 Å². The number of nitrogens with two attached hydrogens (primary N) is 1. The van der Waals surface area contributed by atoms with E-state index in [1.54, 1.807) is 18.2 Å². The van der Waals surface area contributed by atoms with Crippen molar-refractivity contribution in [2.24, 2.45) is 0 Å². The molecule has 3 amide bonds. The molecule has 0 aromatic heterocycles. The van der Waals surface area contributed by atoms with E-state index in [-0.39, 0.29) is 25.5 Å². The minimum absolute atomic E-state index is 0.164. The molecule has 1 aliphatic heterocycles. The van der Waals surface area contributed by atoms with E-state index < -0.39 is 24.2 Å². The number of carbonyl (C=O) groups excluding carboxylic acids is 3. The van der Waals surface area contributed by atoms with Crippen molar-refractivity contribution in [1.82, 2.24) is 10.2 Å². The summed E-state index contributed by atoms with van der Waals surface area (Å²) >= 11 is 0. The van der Waals surface area contributed by atoms with E-state index in [0.29, 0.717) is 28.1 Å². The van der Waals surface area contributed by atoms with Crippen LogP contribution in [0.15, 0.2) is 36.4 Å². The lowest BCUT2D eigenvalue weighted by Crippen LogP contribution is -2.41. The third kappa shape index (κ3) is 4.09. The smallest absolute Gasteiger partial charge is 0.255 e. The molecule has 9 heteroatoms. The molecule has 2 aromatic carbocycles. The number of anilines is 2. The van der Waals surface area contributed by atoms with Gasteiger partial charge in [0.1, 0.15) is 19.0 Å². The summed E-state index contributed by atoms with van der Waals surface area (Å²) in [6.45, 7) is -0.790. The fourth-order valence-corrected chi connectivity index (χ4v) is 3.01. The van der Waals surface area contributed by atoms with Crippen LogP contribution >= 0.6 is 0 Å². The molecule has 0 saturated carbocycles. The first-order chi connectivity index (χ1) is 13.4. The average molecular weight is 386 g/mol. The molecule has 0 spiro atoms. The number of imide groups is 1. The Bertz CT molecular complexity index is 948. The zero-order valence-electron chi connectivity index (χ0n) is 14.9. The van der Waals surface area contributed by atoms with Crippen molar-refractivity contribution >= 4 is 29.1 Å². The standard InChI is InChI=1S/C19H19FN4O4/c20-15-5-4-12(21)6-11(15)7-22-16-3-1-2-13-14(16)8-24(19(13)28)9-17(26)23-18(27)10-25/h1-6,22,25H,7-10,21H2,(H,23,26,27). The molecule has 8 nitrogen and oxygen atoms in total. The first-order valence-corrected chi connectivity index (χ1v) is 8.51. The largest absolute Gasteiger partial charge is 0.399 e. The highest BCUT2D eigenvalue weighted by molar-refractivity contribution is 6.03. The highest BCUT2D eigenvalue weighted by Crippen LogP contribution is 2.29. The Balaban J connectivity index is 1.72. The zero-order chi connectivity index (χ0) is 20.3. The molecule has 5 N–H and O–H groups in total. The predicted octanol–water partition coefficient (Wildman–Crippen LogP) is 0.611. The third-order valence-electron chi connectivity index (χ3n) is 4.34. The number of hydrogen-bond acceptors (Lipinski definition) is 6. The number of aliphatic hydroxyl groups excluding tert-OH is 1. The van der Waals surface area contributed by atoms with Crippen molar-refractivity contribution in [3.63, 3.8) is 0 Å². The molecule has 146 valence electrons. The molecule has 2 aromatic rings. The number of nitrogens with zero attached hydrogens (tertiary/aromatic N) is 1. The SMILES string of the molecule is Nc1ccc(F)c(CNc2cccc3c2CN(CC(=O)NC(=O)CO)C3=O)c1. The summed E-state index contributed by atoms with van der Waals surface area (Å²) < 4.78 is 13.9. The van der Waals surface area contributed by atoms with Crippen molar-refractivity contribution in [2.75, 3.05) is 24.2 Å². The summed E-state index contributed by atoms with van der Waals surface area (Å²) in [5.41, 5.74) is 8.28. The molecule has 28 heavy (non-hydrogen) atoms. The highest BCUT2D eigenvalue weighted by Gasteiger charge is 2.30. The number of aliphatic hydroxyl groups is 1. The molecule has 0 radical (unpaired) electrons. The molecule has 0 aliphatic carbocycles. The van der Waals surface area contributed by atoms with Crippen LogP contribution in [0.4, 0.5) is 15.8 Å². The second kappa shape index (κ2) is 8.05. The van der Waals surface area contributed by atoms with Crippen LogP contribution in [-0.4, -0.2) is 40.9 Å². The molecular weight excluding hydrogens is 367 g/mol. The quantitative estimate of drug-likeness (QED) is 0.539. The first-order valence-electron chi connectivity index (χ1n) is 8.51. The molecule has 0 atom stereocenters. The van der Waals surface area contributed by atoms with Crippen molar-refractivity contribution in [3.8, 4) is 0 Å². The Morgan fingerprint density at radius 2 is 2.00 bits per heavy atom. The lowest BCUT2D eigenvalue weighted by molar-refractivity contribution is -0.132. The van der Waals surface area contributed by atoms with Gasteiger partial charge in [-0.3, -0.25) is 19.7 Å². The number of benzene rings is 2. The minimum atomic E-state index is -0.833. The summed E-state index contributed by atoms with van der Waals surface area (Å²) in [4.78, 5) is 36.7. The maximum atomic E-state index is 13.9. The third-order valence-corrected chi connectivity index (χ3v) is 4.34. The van der Waals surface area contributed by atoms with E-state index in [4.69, 9.17) is 10.8 Å². The molecule has 0 fully saturated rings. The number of amides is 3. The summed E-state index contributed by atoms with van der Waals surface area (Å²) in [5, 5.41) is 13.8. The van der Waals surface area contributed by atoms with Crippen LogP contribution in [0.2, 0.25) is 0 Å². The van der Waals surface area contributed by atoms with E-state index in [0.717, 1.165) is 0 Å². The highest BCUT2D eigenvalue weighted by atomic mass is 19.1. The second-order valence-electron chi connectivity index (χ2n) is 6.33. The lowest BCUT2D eigenvalue weighted by Gasteiger charge is -2.15. The van der Waals surface area contributed by atoms with Crippen LogP contribution in [0.3, 0.4) is 0 Å². The van der Waals surface area contributed by atoms with Crippen molar-refractivity contribution in [1.29, 1.82) is 0 Å². The fraction of sp³-hybridized carbons (Fsp3) is 0.211. The van der Waals surface area contributed by atoms with Gasteiger partial charge < -0.3 is 21.1 Å². The fourth-order valence-electron chi connectivity index (χ4n) is 3.01. The van der Waals surface area contributed by atoms with Gasteiger partial charge in [0.25, 0.3) is 11.8 Å². The number of nitrogens with one attached hydrogen (secondary N) is 2. The number of rotatable bonds is 6. The number of carbonyl (C=O) groups is 3. The monoisotopic (exact) mass is 386 g/mol. The summed E-state index contributed by atoms with van der Waals surface area (Å²) in [6, 6.07) is 9.39. The zero-order valence-corrected chi connectivity index (χ0v) is 14.9. The Morgan fingerprint density at radius 3 is 2.75 bits per heavy atom. The van der Waals surface area contributed by atoms with Gasteiger partial charge in [-0.15, -0.1) is 0 Å². The lowest BCUT2D eigenvalue weighted by atomic mass is 10.1. The molecule has 1 aliphatic rings. The Labute approximate surface area is 160 Å². The Morgan fingerprint density at radius 1 is 1.21 bits per heavy atom. The van der Waals surface area contributed by atoms with E-state index >= 15 is 0 Å². The van der Waals surface area contributed by atoms with Crippen LogP contribution in [0, 0.1) is 5.82 Å². The number of nitrogen functional groups attached to an aromatic ring is 1. The number of fused-ring (bicyclic) bond motifs is 1. The molecule has 3 rings (SSSR count). The molecule has 0 bridgehead atoms. The normalized spacial score (nSPS) is 12.6. The first kappa shape index (κ1) is 19.3. The van der Waals surface area contributed by atoms with E-state index in [9.17, 15) is 18.8 Å².